The van der Waals surface area contributed by atoms with Crippen LogP contribution in [0.4, 0.5) is 0 Å². The molecular formula is C21H33N5O2. The largest absolute Gasteiger partial charge is 0.382 e. The maximum absolute atomic E-state index is 11.8. The molecule has 2 aromatic rings. The number of hydrogen-bond donors (Lipinski definition) is 3. The molecule has 1 aromatic carbocycles. The predicted molar refractivity (Wildman–Crippen MR) is 115 cm³/mol. The van der Waals surface area contributed by atoms with Crippen molar-refractivity contribution in [3.63, 3.8) is 0 Å². The number of fused-ring (bicyclic) bond motifs is 1. The number of H-pyrrole nitrogens is 1. The van der Waals surface area contributed by atoms with Crippen LogP contribution in [0.15, 0.2) is 29.4 Å². The minimum absolute atomic E-state index is 0.0254. The van der Waals surface area contributed by atoms with Crippen molar-refractivity contribution in [2.45, 2.75) is 26.7 Å². The third kappa shape index (κ3) is 6.56. The van der Waals surface area contributed by atoms with Crippen LogP contribution >= 0.6 is 0 Å². The normalized spacial score (nSPS) is 11.6. The molecule has 3 N–H and O–H groups in total. The Morgan fingerprint density at radius 2 is 2.04 bits per heavy atom. The average Bonchev–Trinajstić information content (AvgIpc) is 3.09. The summed E-state index contributed by atoms with van der Waals surface area (Å²) in [5.41, 5.74) is 3.71. The maximum Gasteiger partial charge on any atom is 0.243 e. The number of benzene rings is 1. The fourth-order valence-electron chi connectivity index (χ4n) is 2.87. The summed E-state index contributed by atoms with van der Waals surface area (Å²) in [7, 11) is 3.47. The van der Waals surface area contributed by atoms with Crippen molar-refractivity contribution in [2.24, 2.45) is 4.99 Å². The van der Waals surface area contributed by atoms with Gasteiger partial charge in [0.2, 0.25) is 5.91 Å². The third-order valence-electron chi connectivity index (χ3n) is 4.53. The Labute approximate surface area is 167 Å². The highest BCUT2D eigenvalue weighted by molar-refractivity contribution is 5.86. The molecule has 0 aliphatic heterocycles. The first-order valence-corrected chi connectivity index (χ1v) is 9.88. The van der Waals surface area contributed by atoms with Gasteiger partial charge in [-0.25, -0.2) is 4.99 Å². The number of para-hydroxylation sites is 1. The van der Waals surface area contributed by atoms with E-state index in [1.807, 2.05) is 6.92 Å². The van der Waals surface area contributed by atoms with Crippen molar-refractivity contribution < 1.29 is 9.53 Å². The molecule has 0 saturated heterocycles. The molecule has 0 radical (unpaired) electrons. The number of rotatable bonds is 10. The van der Waals surface area contributed by atoms with Gasteiger partial charge in [-0.05, 0) is 37.8 Å². The Bertz CT molecular complexity index is 782. The van der Waals surface area contributed by atoms with Gasteiger partial charge in [-0.1, -0.05) is 18.2 Å². The molecule has 0 spiro atoms. The third-order valence-corrected chi connectivity index (χ3v) is 4.53. The summed E-state index contributed by atoms with van der Waals surface area (Å²) in [5, 5.41) is 7.87. The number of likely N-dealkylation sites (N-methyl/N-ethyl adjacent to an activating group) is 1. The molecule has 7 nitrogen and oxygen atoms in total. The molecule has 0 fully saturated rings. The molecule has 0 saturated carbocycles. The summed E-state index contributed by atoms with van der Waals surface area (Å²) in [6.07, 6.45) is 3.82. The van der Waals surface area contributed by atoms with Gasteiger partial charge in [0.15, 0.2) is 5.96 Å². The van der Waals surface area contributed by atoms with E-state index in [1.165, 1.54) is 22.0 Å². The zero-order valence-electron chi connectivity index (χ0n) is 17.5. The number of aromatic amines is 1. The van der Waals surface area contributed by atoms with Crippen LogP contribution < -0.4 is 10.6 Å². The van der Waals surface area contributed by atoms with Crippen molar-refractivity contribution in [3.05, 3.63) is 35.5 Å². The van der Waals surface area contributed by atoms with Crippen LogP contribution in [0, 0.1) is 6.92 Å². The van der Waals surface area contributed by atoms with Gasteiger partial charge >= 0.3 is 0 Å². The molecule has 0 aliphatic carbocycles. The summed E-state index contributed by atoms with van der Waals surface area (Å²) in [4.78, 5) is 21.2. The lowest BCUT2D eigenvalue weighted by Gasteiger charge is -2.14. The number of amides is 1. The fraction of sp³-hybridized carbons (Fsp3) is 0.524. The molecule has 0 bridgehead atoms. The number of ether oxygens (including phenoxy) is 1. The Morgan fingerprint density at radius 3 is 2.79 bits per heavy atom. The Morgan fingerprint density at radius 1 is 1.25 bits per heavy atom. The van der Waals surface area contributed by atoms with Crippen molar-refractivity contribution in [1.29, 1.82) is 0 Å². The number of aromatic nitrogens is 1. The number of guanidine groups is 1. The number of carbonyl (C=O) groups excluding carboxylic acids is 1. The molecule has 7 heteroatoms. The summed E-state index contributed by atoms with van der Waals surface area (Å²) in [6.45, 7) is 7.13. The summed E-state index contributed by atoms with van der Waals surface area (Å²) in [5.74, 6) is 0.630. The number of aliphatic imine (C=N–C) groups is 1. The van der Waals surface area contributed by atoms with E-state index in [2.05, 4.69) is 51.9 Å². The van der Waals surface area contributed by atoms with E-state index < -0.39 is 0 Å². The van der Waals surface area contributed by atoms with Gasteiger partial charge in [0, 0.05) is 57.5 Å². The minimum atomic E-state index is -0.0254. The highest BCUT2D eigenvalue weighted by Gasteiger charge is 2.07. The monoisotopic (exact) mass is 387 g/mol. The summed E-state index contributed by atoms with van der Waals surface area (Å²) >= 11 is 0. The number of hydrogen-bond acceptors (Lipinski definition) is 3. The van der Waals surface area contributed by atoms with Gasteiger partial charge in [0.05, 0.1) is 0 Å². The van der Waals surface area contributed by atoms with Crippen LogP contribution in [-0.4, -0.2) is 68.7 Å². The quantitative estimate of drug-likeness (QED) is 0.331. The first-order valence-electron chi connectivity index (χ1n) is 9.88. The highest BCUT2D eigenvalue weighted by atomic mass is 16.5. The second-order valence-corrected chi connectivity index (χ2v) is 6.92. The second-order valence-electron chi connectivity index (χ2n) is 6.92. The lowest BCUT2D eigenvalue weighted by Crippen LogP contribution is -2.40. The maximum atomic E-state index is 11.8. The molecule has 1 aromatic heterocycles. The van der Waals surface area contributed by atoms with Crippen LogP contribution in [0.25, 0.3) is 10.9 Å². The van der Waals surface area contributed by atoms with Crippen molar-refractivity contribution in [2.75, 3.05) is 46.9 Å². The molecule has 28 heavy (non-hydrogen) atoms. The number of aryl methyl sites for hydroxylation is 1. The summed E-state index contributed by atoms with van der Waals surface area (Å²) in [6, 6.07) is 6.34. The van der Waals surface area contributed by atoms with E-state index in [4.69, 9.17) is 4.74 Å². The van der Waals surface area contributed by atoms with Crippen molar-refractivity contribution in [1.82, 2.24) is 20.5 Å². The van der Waals surface area contributed by atoms with E-state index in [0.717, 1.165) is 32.5 Å². The number of nitrogens with zero attached hydrogens (tertiary/aromatic N) is 2. The van der Waals surface area contributed by atoms with Crippen molar-refractivity contribution in [3.8, 4) is 0 Å². The molecule has 0 atom stereocenters. The van der Waals surface area contributed by atoms with Gasteiger partial charge in [0.25, 0.3) is 0 Å². The first-order chi connectivity index (χ1) is 13.5. The molecule has 1 amide bonds. The van der Waals surface area contributed by atoms with Gasteiger partial charge < -0.3 is 25.3 Å². The standard InChI is InChI=1S/C21H33N5O2/c1-5-28-13-7-11-22-21(25-15-19(27)26(3)4)23-12-10-17-14-24-20-16(2)8-6-9-18(17)20/h6,8-9,14,24H,5,7,10-13,15H2,1-4H3,(H2,22,23,25). The highest BCUT2D eigenvalue weighted by Crippen LogP contribution is 2.21. The molecular weight excluding hydrogens is 354 g/mol. The Balaban J connectivity index is 1.91. The zero-order valence-corrected chi connectivity index (χ0v) is 17.5. The smallest absolute Gasteiger partial charge is 0.243 e. The van der Waals surface area contributed by atoms with E-state index in [1.54, 1.807) is 19.0 Å². The molecule has 0 unspecified atom stereocenters. The second kappa shape index (κ2) is 11.3. The van der Waals surface area contributed by atoms with E-state index in [0.29, 0.717) is 12.6 Å². The SMILES string of the molecule is CCOCCCNC(=NCC(=O)N(C)C)NCCc1c[nH]c2c(C)cccc12. The van der Waals surface area contributed by atoms with Gasteiger partial charge in [-0.2, -0.15) is 0 Å². The van der Waals surface area contributed by atoms with E-state index >= 15 is 0 Å². The predicted octanol–water partition coefficient (Wildman–Crippen LogP) is 2.07. The summed E-state index contributed by atoms with van der Waals surface area (Å²) < 4.78 is 5.36. The fourth-order valence-corrected chi connectivity index (χ4v) is 2.87. The Kier molecular flexibility index (Phi) is 8.81. The van der Waals surface area contributed by atoms with Gasteiger partial charge in [-0.3, -0.25) is 4.79 Å². The van der Waals surface area contributed by atoms with Crippen LogP contribution in [-0.2, 0) is 16.0 Å². The van der Waals surface area contributed by atoms with E-state index in [9.17, 15) is 4.79 Å². The van der Waals surface area contributed by atoms with Crippen LogP contribution in [0.3, 0.4) is 0 Å². The molecule has 0 aliphatic rings. The van der Waals surface area contributed by atoms with Gasteiger partial charge in [0.1, 0.15) is 6.54 Å². The lowest BCUT2D eigenvalue weighted by molar-refractivity contribution is -0.127. The van der Waals surface area contributed by atoms with Gasteiger partial charge in [-0.15, -0.1) is 0 Å². The molecule has 1 heterocycles. The van der Waals surface area contributed by atoms with Crippen LogP contribution in [0.1, 0.15) is 24.5 Å². The van der Waals surface area contributed by atoms with E-state index in [-0.39, 0.29) is 12.5 Å². The van der Waals surface area contributed by atoms with Crippen molar-refractivity contribution >= 4 is 22.8 Å². The lowest BCUT2D eigenvalue weighted by atomic mass is 10.1. The molecule has 2 rings (SSSR count). The van der Waals surface area contributed by atoms with Crippen LogP contribution in [0.2, 0.25) is 0 Å². The molecule has 154 valence electrons. The first kappa shape index (κ1) is 21.8. The van der Waals surface area contributed by atoms with Crippen LogP contribution in [0.5, 0.6) is 0 Å². The number of nitrogens with one attached hydrogen (secondary N) is 3. The zero-order chi connectivity index (χ0) is 20.4. The number of carbonyl (C=O) groups is 1. The topological polar surface area (TPSA) is 81.8 Å². The minimum Gasteiger partial charge on any atom is -0.382 e. The average molecular weight is 388 g/mol. The Hall–Kier alpha value is -2.54.